The number of aromatic nitrogens is 1. The fourth-order valence-electron chi connectivity index (χ4n) is 2.97. The van der Waals surface area contributed by atoms with E-state index in [1.165, 1.54) is 5.69 Å². The Morgan fingerprint density at radius 3 is 2.24 bits per heavy atom. The van der Waals surface area contributed by atoms with E-state index in [-0.39, 0.29) is 11.9 Å². The number of benzene rings is 1. The molecule has 1 amide bonds. The summed E-state index contributed by atoms with van der Waals surface area (Å²) in [5, 5.41) is 2.95. The third kappa shape index (κ3) is 4.29. The summed E-state index contributed by atoms with van der Waals surface area (Å²) < 4.78 is 0. The molecule has 132 valence electrons. The van der Waals surface area contributed by atoms with Crippen LogP contribution in [0.1, 0.15) is 30.8 Å². The maximum atomic E-state index is 12.1. The van der Waals surface area contributed by atoms with Gasteiger partial charge in [0.05, 0.1) is 11.9 Å². The molecule has 5 heteroatoms. The van der Waals surface area contributed by atoms with E-state index in [4.69, 9.17) is 0 Å². The highest BCUT2D eigenvalue weighted by molar-refractivity contribution is 5.92. The Hall–Kier alpha value is -2.56. The third-order valence-corrected chi connectivity index (χ3v) is 4.74. The van der Waals surface area contributed by atoms with E-state index in [0.717, 1.165) is 38.3 Å². The van der Waals surface area contributed by atoms with E-state index < -0.39 is 0 Å². The van der Waals surface area contributed by atoms with Gasteiger partial charge in [-0.2, -0.15) is 0 Å². The van der Waals surface area contributed by atoms with Crippen molar-refractivity contribution >= 4 is 17.3 Å². The van der Waals surface area contributed by atoms with E-state index in [0.29, 0.717) is 5.69 Å². The quantitative estimate of drug-likeness (QED) is 0.911. The van der Waals surface area contributed by atoms with Crippen LogP contribution in [0.4, 0.5) is 11.4 Å². The Morgan fingerprint density at radius 1 is 1.04 bits per heavy atom. The topological polar surface area (TPSA) is 48.5 Å². The number of pyridine rings is 1. The second kappa shape index (κ2) is 8.01. The Kier molecular flexibility index (Phi) is 5.53. The highest BCUT2D eigenvalue weighted by atomic mass is 16.1. The molecule has 25 heavy (non-hydrogen) atoms. The highest BCUT2D eigenvalue weighted by Gasteiger charge is 2.18. The minimum atomic E-state index is -0.102. The number of para-hydroxylation sites is 1. The number of amides is 1. The lowest BCUT2D eigenvalue weighted by Gasteiger charge is -2.37. The van der Waals surface area contributed by atoms with Gasteiger partial charge in [0, 0.05) is 37.9 Å². The molecule has 1 aliphatic heterocycles. The molecule has 0 aliphatic carbocycles. The molecule has 3 rings (SSSR count). The summed E-state index contributed by atoms with van der Waals surface area (Å²) in [6, 6.07) is 14.5. The lowest BCUT2D eigenvalue weighted by atomic mass is 10.2. The van der Waals surface area contributed by atoms with Crippen molar-refractivity contribution in [2.24, 2.45) is 0 Å². The molecule has 1 saturated heterocycles. The molecule has 1 unspecified atom stereocenters. The largest absolute Gasteiger partial charge is 0.368 e. The summed E-state index contributed by atoms with van der Waals surface area (Å²) in [4.78, 5) is 21.2. The van der Waals surface area contributed by atoms with Crippen LogP contribution in [0, 0.1) is 0 Å². The second-order valence-electron chi connectivity index (χ2n) is 6.49. The van der Waals surface area contributed by atoms with Crippen molar-refractivity contribution in [2.75, 3.05) is 36.0 Å². The molecular formula is C20H26N4O. The summed E-state index contributed by atoms with van der Waals surface area (Å²) in [5.41, 5.74) is 2.83. The van der Waals surface area contributed by atoms with Gasteiger partial charge < -0.3 is 15.1 Å². The second-order valence-corrected chi connectivity index (χ2v) is 6.49. The number of hydrogen-bond acceptors (Lipinski definition) is 4. The number of carbonyl (C=O) groups excluding carboxylic acids is 1. The predicted octanol–water partition coefficient (Wildman–Crippen LogP) is 2.94. The average molecular weight is 338 g/mol. The first-order chi connectivity index (χ1) is 12.2. The zero-order valence-electron chi connectivity index (χ0n) is 15.0. The van der Waals surface area contributed by atoms with Gasteiger partial charge in [-0.3, -0.25) is 4.79 Å². The predicted molar refractivity (Wildman–Crippen MR) is 102 cm³/mol. The Labute approximate surface area is 149 Å². The van der Waals surface area contributed by atoms with Gasteiger partial charge in [-0.1, -0.05) is 25.1 Å². The molecule has 1 fully saturated rings. The van der Waals surface area contributed by atoms with Gasteiger partial charge in [0.2, 0.25) is 0 Å². The molecule has 0 radical (unpaired) electrons. The zero-order chi connectivity index (χ0) is 17.6. The molecule has 1 aromatic heterocycles. The van der Waals surface area contributed by atoms with Crippen LogP contribution in [0.25, 0.3) is 0 Å². The number of nitrogens with one attached hydrogen (secondary N) is 1. The molecule has 2 aromatic rings. The van der Waals surface area contributed by atoms with Crippen LogP contribution in [0.5, 0.6) is 0 Å². The van der Waals surface area contributed by atoms with E-state index in [9.17, 15) is 4.79 Å². The van der Waals surface area contributed by atoms with Gasteiger partial charge in [0.25, 0.3) is 5.91 Å². The molecule has 1 aliphatic rings. The Balaban J connectivity index is 1.58. The summed E-state index contributed by atoms with van der Waals surface area (Å²) in [6.45, 7) is 7.93. The first-order valence-electron chi connectivity index (χ1n) is 8.99. The molecule has 1 aromatic carbocycles. The minimum absolute atomic E-state index is 0.102. The first-order valence-corrected chi connectivity index (χ1v) is 8.99. The summed E-state index contributed by atoms with van der Waals surface area (Å²) in [7, 11) is 0. The van der Waals surface area contributed by atoms with E-state index >= 15 is 0 Å². The minimum Gasteiger partial charge on any atom is -0.368 e. The Bertz CT molecular complexity index is 679. The normalized spacial score (nSPS) is 15.8. The van der Waals surface area contributed by atoms with Crippen molar-refractivity contribution in [3.05, 3.63) is 54.4 Å². The lowest BCUT2D eigenvalue weighted by Crippen LogP contribution is -2.46. The maximum absolute atomic E-state index is 12.1. The SMILES string of the molecule is CCC(C)NC(=O)c1ccc(N2CCN(c3ccccc3)CC2)cn1. The van der Waals surface area contributed by atoms with Crippen molar-refractivity contribution in [3.63, 3.8) is 0 Å². The lowest BCUT2D eigenvalue weighted by molar-refractivity contribution is 0.0934. The first kappa shape index (κ1) is 17.3. The summed E-state index contributed by atoms with van der Waals surface area (Å²) >= 11 is 0. The molecule has 1 N–H and O–H groups in total. The molecule has 1 atom stereocenters. The van der Waals surface area contributed by atoms with E-state index in [1.54, 1.807) is 0 Å². The number of nitrogens with zero attached hydrogens (tertiary/aromatic N) is 3. The van der Waals surface area contributed by atoms with Crippen LogP contribution in [0.2, 0.25) is 0 Å². The number of hydrogen-bond donors (Lipinski definition) is 1. The smallest absolute Gasteiger partial charge is 0.270 e. The van der Waals surface area contributed by atoms with Gasteiger partial charge >= 0.3 is 0 Å². The molecule has 2 heterocycles. The van der Waals surface area contributed by atoms with Crippen LogP contribution in [-0.4, -0.2) is 43.1 Å². The van der Waals surface area contributed by atoms with Crippen LogP contribution in [-0.2, 0) is 0 Å². The number of carbonyl (C=O) groups is 1. The van der Waals surface area contributed by atoms with Crippen LogP contribution in [0.3, 0.4) is 0 Å². The summed E-state index contributed by atoms with van der Waals surface area (Å²) in [5.74, 6) is -0.102. The van der Waals surface area contributed by atoms with E-state index in [1.807, 2.05) is 31.3 Å². The number of anilines is 2. The van der Waals surface area contributed by atoms with Crippen LogP contribution < -0.4 is 15.1 Å². The van der Waals surface area contributed by atoms with Crippen molar-refractivity contribution in [1.82, 2.24) is 10.3 Å². The van der Waals surface area contributed by atoms with Gasteiger partial charge in [0.1, 0.15) is 5.69 Å². The van der Waals surface area contributed by atoms with Crippen LogP contribution >= 0.6 is 0 Å². The van der Waals surface area contributed by atoms with Gasteiger partial charge in [0.15, 0.2) is 0 Å². The van der Waals surface area contributed by atoms with Gasteiger partial charge in [-0.25, -0.2) is 4.98 Å². The fraction of sp³-hybridized carbons (Fsp3) is 0.400. The zero-order valence-corrected chi connectivity index (χ0v) is 15.0. The monoisotopic (exact) mass is 338 g/mol. The average Bonchev–Trinajstić information content (AvgIpc) is 2.69. The van der Waals surface area contributed by atoms with Crippen molar-refractivity contribution < 1.29 is 4.79 Å². The van der Waals surface area contributed by atoms with Gasteiger partial charge in [-0.15, -0.1) is 0 Å². The molecule has 0 spiro atoms. The van der Waals surface area contributed by atoms with Crippen LogP contribution in [0.15, 0.2) is 48.7 Å². The van der Waals surface area contributed by atoms with Crippen molar-refractivity contribution in [1.29, 1.82) is 0 Å². The highest BCUT2D eigenvalue weighted by Crippen LogP contribution is 2.20. The number of piperazine rings is 1. The van der Waals surface area contributed by atoms with Gasteiger partial charge in [-0.05, 0) is 37.6 Å². The molecular weight excluding hydrogens is 312 g/mol. The number of rotatable bonds is 5. The fourth-order valence-corrected chi connectivity index (χ4v) is 2.97. The van der Waals surface area contributed by atoms with Crippen molar-refractivity contribution in [3.8, 4) is 0 Å². The standard InChI is InChI=1S/C20H26N4O/c1-3-16(2)22-20(25)19-10-9-18(15-21-19)24-13-11-23(12-14-24)17-7-5-4-6-8-17/h4-10,15-16H,3,11-14H2,1-2H3,(H,22,25). The molecule has 0 bridgehead atoms. The van der Waals surface area contributed by atoms with Crippen molar-refractivity contribution in [2.45, 2.75) is 26.3 Å². The molecule has 0 saturated carbocycles. The third-order valence-electron chi connectivity index (χ3n) is 4.74. The molecule has 5 nitrogen and oxygen atoms in total. The maximum Gasteiger partial charge on any atom is 0.270 e. The summed E-state index contributed by atoms with van der Waals surface area (Å²) in [6.07, 6.45) is 2.72. The Morgan fingerprint density at radius 2 is 1.68 bits per heavy atom. The van der Waals surface area contributed by atoms with E-state index in [2.05, 4.69) is 51.3 Å².